The minimum Gasteiger partial charge on any atom is -0.329 e. The number of nitrogens with two attached hydrogens (primary N) is 1. The van der Waals surface area contributed by atoms with E-state index in [-0.39, 0.29) is 0 Å². The van der Waals surface area contributed by atoms with Gasteiger partial charge in [-0.3, -0.25) is 9.80 Å². The lowest BCUT2D eigenvalue weighted by atomic mass is 9.87. The molecular weight excluding hydrogens is 270 g/mol. The average molecular weight is 301 g/mol. The molecule has 2 N–H and O–H groups in total. The van der Waals surface area contributed by atoms with Crippen LogP contribution in [0.2, 0.25) is 0 Å². The molecule has 3 nitrogen and oxygen atoms in total. The number of rotatable bonds is 4. The first-order valence-electron chi connectivity index (χ1n) is 9.04. The Balaban J connectivity index is 1.56. The molecule has 0 bridgehead atoms. The summed E-state index contributed by atoms with van der Waals surface area (Å²) < 4.78 is 0. The Hall–Kier alpha value is -0.900. The first-order chi connectivity index (χ1) is 10.8. The summed E-state index contributed by atoms with van der Waals surface area (Å²) in [6, 6.07) is 10.8. The molecule has 1 saturated carbocycles. The molecule has 1 aromatic rings. The zero-order valence-corrected chi connectivity index (χ0v) is 13.8. The van der Waals surface area contributed by atoms with Gasteiger partial charge in [0.05, 0.1) is 0 Å². The van der Waals surface area contributed by atoms with E-state index in [0.29, 0.717) is 5.54 Å². The van der Waals surface area contributed by atoms with Crippen LogP contribution < -0.4 is 5.73 Å². The van der Waals surface area contributed by atoms with Crippen molar-refractivity contribution < 1.29 is 0 Å². The lowest BCUT2D eigenvalue weighted by Crippen LogP contribution is -2.59. The molecule has 0 aromatic heterocycles. The van der Waals surface area contributed by atoms with Crippen molar-refractivity contribution in [1.29, 1.82) is 0 Å². The highest BCUT2D eigenvalue weighted by Gasteiger charge is 2.37. The Labute approximate surface area is 135 Å². The Kier molecular flexibility index (Phi) is 5.51. The molecule has 122 valence electrons. The SMILES string of the molecule is NCC1(N2CCN(Cc3ccccc3)CC2)CCCCCC1. The number of hydrogen-bond acceptors (Lipinski definition) is 3. The van der Waals surface area contributed by atoms with Crippen LogP contribution in [0.5, 0.6) is 0 Å². The lowest BCUT2D eigenvalue weighted by Gasteiger charge is -2.47. The number of hydrogen-bond donors (Lipinski definition) is 1. The van der Waals surface area contributed by atoms with Gasteiger partial charge in [0, 0.05) is 44.8 Å². The van der Waals surface area contributed by atoms with Crippen molar-refractivity contribution in [2.75, 3.05) is 32.7 Å². The Morgan fingerprint density at radius 3 is 2.09 bits per heavy atom. The minimum absolute atomic E-state index is 0.301. The van der Waals surface area contributed by atoms with Gasteiger partial charge in [-0.15, -0.1) is 0 Å². The summed E-state index contributed by atoms with van der Waals surface area (Å²) in [6.07, 6.45) is 8.14. The van der Waals surface area contributed by atoms with Crippen molar-refractivity contribution >= 4 is 0 Å². The Bertz CT molecular complexity index is 429. The quantitative estimate of drug-likeness (QED) is 0.868. The van der Waals surface area contributed by atoms with Gasteiger partial charge < -0.3 is 5.73 Å². The normalized spacial score (nSPS) is 24.0. The molecule has 0 unspecified atom stereocenters. The van der Waals surface area contributed by atoms with Gasteiger partial charge in [-0.2, -0.15) is 0 Å². The van der Waals surface area contributed by atoms with Crippen molar-refractivity contribution in [3.05, 3.63) is 35.9 Å². The molecule has 22 heavy (non-hydrogen) atoms. The van der Waals surface area contributed by atoms with Crippen molar-refractivity contribution in [2.24, 2.45) is 5.73 Å². The smallest absolute Gasteiger partial charge is 0.0332 e. The second-order valence-electron chi connectivity index (χ2n) is 7.09. The molecule has 1 aliphatic heterocycles. The molecule has 2 fully saturated rings. The van der Waals surface area contributed by atoms with Gasteiger partial charge in [-0.05, 0) is 18.4 Å². The Morgan fingerprint density at radius 2 is 1.50 bits per heavy atom. The molecule has 0 spiro atoms. The van der Waals surface area contributed by atoms with E-state index in [1.165, 1.54) is 70.3 Å². The van der Waals surface area contributed by atoms with Gasteiger partial charge in [0.1, 0.15) is 0 Å². The fourth-order valence-electron chi connectivity index (χ4n) is 4.26. The summed E-state index contributed by atoms with van der Waals surface area (Å²) in [7, 11) is 0. The predicted molar refractivity (Wildman–Crippen MR) is 92.8 cm³/mol. The number of piperazine rings is 1. The van der Waals surface area contributed by atoms with Crippen LogP contribution in [-0.4, -0.2) is 48.1 Å². The summed E-state index contributed by atoms with van der Waals surface area (Å²) in [4.78, 5) is 5.31. The molecule has 3 heteroatoms. The number of nitrogens with zero attached hydrogens (tertiary/aromatic N) is 2. The van der Waals surface area contributed by atoms with Crippen molar-refractivity contribution in [3.63, 3.8) is 0 Å². The first-order valence-corrected chi connectivity index (χ1v) is 9.04. The van der Waals surface area contributed by atoms with Gasteiger partial charge in [0.2, 0.25) is 0 Å². The van der Waals surface area contributed by atoms with E-state index in [1.54, 1.807) is 0 Å². The zero-order chi connectivity index (χ0) is 15.3. The van der Waals surface area contributed by atoms with E-state index in [2.05, 4.69) is 40.1 Å². The van der Waals surface area contributed by atoms with Gasteiger partial charge in [-0.1, -0.05) is 56.0 Å². The maximum atomic E-state index is 6.24. The lowest BCUT2D eigenvalue weighted by molar-refractivity contribution is 0.0239. The maximum Gasteiger partial charge on any atom is 0.0332 e. The van der Waals surface area contributed by atoms with Gasteiger partial charge in [0.25, 0.3) is 0 Å². The number of benzene rings is 1. The summed E-state index contributed by atoms with van der Waals surface area (Å²) >= 11 is 0. The highest BCUT2D eigenvalue weighted by atomic mass is 15.3. The average Bonchev–Trinajstić information content (AvgIpc) is 2.83. The van der Waals surface area contributed by atoms with Crippen LogP contribution in [0.1, 0.15) is 44.1 Å². The van der Waals surface area contributed by atoms with Gasteiger partial charge in [0.15, 0.2) is 0 Å². The monoisotopic (exact) mass is 301 g/mol. The summed E-state index contributed by atoms with van der Waals surface area (Å²) in [5, 5.41) is 0. The van der Waals surface area contributed by atoms with E-state index in [0.717, 1.165) is 13.1 Å². The van der Waals surface area contributed by atoms with E-state index < -0.39 is 0 Å². The summed E-state index contributed by atoms with van der Waals surface area (Å²) in [6.45, 7) is 6.65. The third kappa shape index (κ3) is 3.70. The molecule has 1 aliphatic carbocycles. The van der Waals surface area contributed by atoms with E-state index >= 15 is 0 Å². The first kappa shape index (κ1) is 16.0. The molecule has 0 radical (unpaired) electrons. The van der Waals surface area contributed by atoms with Crippen LogP contribution in [0.3, 0.4) is 0 Å². The predicted octanol–water partition coefficient (Wildman–Crippen LogP) is 2.86. The second kappa shape index (κ2) is 7.58. The highest BCUT2D eigenvalue weighted by Crippen LogP contribution is 2.32. The molecule has 0 amide bonds. The van der Waals surface area contributed by atoms with Crippen molar-refractivity contribution in [1.82, 2.24) is 9.80 Å². The van der Waals surface area contributed by atoms with Gasteiger partial charge >= 0.3 is 0 Å². The molecule has 1 saturated heterocycles. The highest BCUT2D eigenvalue weighted by molar-refractivity contribution is 5.14. The third-order valence-electron chi connectivity index (χ3n) is 5.71. The second-order valence-corrected chi connectivity index (χ2v) is 7.09. The Morgan fingerprint density at radius 1 is 0.864 bits per heavy atom. The van der Waals surface area contributed by atoms with E-state index in [9.17, 15) is 0 Å². The molecular formula is C19H31N3. The summed E-state index contributed by atoms with van der Waals surface area (Å²) in [5.74, 6) is 0. The molecule has 1 heterocycles. The maximum absolute atomic E-state index is 6.24. The van der Waals surface area contributed by atoms with Crippen molar-refractivity contribution in [2.45, 2.75) is 50.6 Å². The van der Waals surface area contributed by atoms with Crippen LogP contribution in [-0.2, 0) is 6.54 Å². The minimum atomic E-state index is 0.301. The van der Waals surface area contributed by atoms with Crippen LogP contribution in [0, 0.1) is 0 Å². The fourth-order valence-corrected chi connectivity index (χ4v) is 4.26. The molecule has 3 rings (SSSR count). The van der Waals surface area contributed by atoms with Gasteiger partial charge in [-0.25, -0.2) is 0 Å². The molecule has 2 aliphatic rings. The van der Waals surface area contributed by atoms with E-state index in [4.69, 9.17) is 5.73 Å². The van der Waals surface area contributed by atoms with Crippen LogP contribution in [0.25, 0.3) is 0 Å². The fraction of sp³-hybridized carbons (Fsp3) is 0.684. The summed E-state index contributed by atoms with van der Waals surface area (Å²) in [5.41, 5.74) is 7.97. The zero-order valence-electron chi connectivity index (χ0n) is 13.8. The third-order valence-corrected chi connectivity index (χ3v) is 5.71. The largest absolute Gasteiger partial charge is 0.329 e. The van der Waals surface area contributed by atoms with Crippen molar-refractivity contribution in [3.8, 4) is 0 Å². The standard InChI is InChI=1S/C19H31N3/c20-17-19(10-6-1-2-7-11-19)22-14-12-21(13-15-22)16-18-8-4-3-5-9-18/h3-5,8-9H,1-2,6-7,10-17,20H2. The van der Waals surface area contributed by atoms with E-state index in [1.807, 2.05) is 0 Å². The van der Waals surface area contributed by atoms with Crippen LogP contribution in [0.4, 0.5) is 0 Å². The van der Waals surface area contributed by atoms with Crippen LogP contribution >= 0.6 is 0 Å². The molecule has 1 aromatic carbocycles. The topological polar surface area (TPSA) is 32.5 Å². The van der Waals surface area contributed by atoms with Crippen LogP contribution in [0.15, 0.2) is 30.3 Å². The molecule has 0 atom stereocenters.